The molecular weight excluding hydrogens is 449 g/mol. The summed E-state index contributed by atoms with van der Waals surface area (Å²) in [7, 11) is 0. The Kier molecular flexibility index (Phi) is 7.92. The number of anilines is 1. The number of carbonyl (C=O) groups is 2. The number of aromatic nitrogens is 1. The fourth-order valence-electron chi connectivity index (χ4n) is 4.12. The van der Waals surface area contributed by atoms with Gasteiger partial charge in [-0.1, -0.05) is 24.3 Å². The molecule has 1 aliphatic rings. The summed E-state index contributed by atoms with van der Waals surface area (Å²) in [5, 5.41) is 2.92. The van der Waals surface area contributed by atoms with Gasteiger partial charge in [0.05, 0.1) is 24.4 Å². The molecule has 184 valence electrons. The normalized spacial score (nSPS) is 15.2. The van der Waals surface area contributed by atoms with Crippen molar-refractivity contribution in [1.82, 2.24) is 9.88 Å². The number of rotatable bonds is 9. The van der Waals surface area contributed by atoms with Crippen molar-refractivity contribution in [2.24, 2.45) is 0 Å². The Hall–Kier alpha value is -3.52. The summed E-state index contributed by atoms with van der Waals surface area (Å²) < 4.78 is 25.4. The molecule has 35 heavy (non-hydrogen) atoms. The van der Waals surface area contributed by atoms with Crippen LogP contribution in [0.3, 0.4) is 0 Å². The molecule has 2 aromatic carbocycles. The Balaban J connectivity index is 1.39. The molecule has 0 spiro atoms. The fraction of sp³-hybridized carbons (Fsp3) is 0.370. The molecule has 7 nitrogen and oxygen atoms in total. The Morgan fingerprint density at radius 2 is 2.00 bits per heavy atom. The smallest absolute Gasteiger partial charge is 0.244 e. The van der Waals surface area contributed by atoms with Crippen LogP contribution in [0.15, 0.2) is 53.1 Å². The molecule has 4 rings (SSSR count). The predicted molar refractivity (Wildman–Crippen MR) is 130 cm³/mol. The number of carbonyl (C=O) groups excluding carboxylic acids is 2. The molecule has 0 saturated carbocycles. The van der Waals surface area contributed by atoms with Crippen LogP contribution >= 0.6 is 0 Å². The highest BCUT2D eigenvalue weighted by molar-refractivity contribution is 5.95. The van der Waals surface area contributed by atoms with Crippen molar-refractivity contribution in [3.8, 4) is 11.3 Å². The highest BCUT2D eigenvalue weighted by Gasteiger charge is 2.25. The summed E-state index contributed by atoms with van der Waals surface area (Å²) in [5.74, 6) is -0.197. The number of oxazole rings is 1. The summed E-state index contributed by atoms with van der Waals surface area (Å²) in [5.41, 5.74) is 3.13. The number of amides is 2. The van der Waals surface area contributed by atoms with Gasteiger partial charge in [0.15, 0.2) is 11.7 Å². The topological polar surface area (TPSA) is 84.7 Å². The molecule has 1 aliphatic heterocycles. The van der Waals surface area contributed by atoms with E-state index < -0.39 is 5.82 Å². The number of nitrogens with one attached hydrogen (secondary N) is 1. The van der Waals surface area contributed by atoms with Gasteiger partial charge in [-0.05, 0) is 56.0 Å². The molecule has 1 aromatic heterocycles. The first-order chi connectivity index (χ1) is 16.9. The lowest BCUT2D eigenvalue weighted by atomic mass is 10.1. The van der Waals surface area contributed by atoms with Gasteiger partial charge in [-0.15, -0.1) is 0 Å². The molecular formula is C27H30FN3O4. The first-order valence-electron chi connectivity index (χ1n) is 11.9. The number of ether oxygens (including phenoxy) is 1. The Morgan fingerprint density at radius 1 is 1.17 bits per heavy atom. The minimum Gasteiger partial charge on any atom is -0.441 e. The van der Waals surface area contributed by atoms with Crippen LogP contribution in [0.25, 0.3) is 11.3 Å². The number of hydrogen-bond donors (Lipinski definition) is 1. The van der Waals surface area contributed by atoms with Crippen molar-refractivity contribution >= 4 is 17.5 Å². The zero-order valence-corrected chi connectivity index (χ0v) is 20.1. The van der Waals surface area contributed by atoms with Crippen molar-refractivity contribution in [3.05, 3.63) is 71.5 Å². The van der Waals surface area contributed by atoms with Crippen LogP contribution in [0.5, 0.6) is 0 Å². The van der Waals surface area contributed by atoms with Gasteiger partial charge in [0, 0.05) is 31.7 Å². The third kappa shape index (κ3) is 6.33. The summed E-state index contributed by atoms with van der Waals surface area (Å²) in [6, 6.07) is 12.0. The molecule has 2 amide bonds. The third-order valence-electron chi connectivity index (χ3n) is 6.26. The minimum atomic E-state index is -0.399. The first kappa shape index (κ1) is 24.6. The van der Waals surface area contributed by atoms with E-state index in [0.717, 1.165) is 29.7 Å². The van der Waals surface area contributed by atoms with Crippen molar-refractivity contribution < 1.29 is 23.1 Å². The molecule has 0 bridgehead atoms. The van der Waals surface area contributed by atoms with Crippen LogP contribution in [0.2, 0.25) is 0 Å². The van der Waals surface area contributed by atoms with E-state index in [-0.39, 0.29) is 37.3 Å². The van der Waals surface area contributed by atoms with Gasteiger partial charge in [0.1, 0.15) is 5.82 Å². The number of nitrogens with zero attached hydrogens (tertiary/aromatic N) is 2. The SMILES string of the molecule is Cc1cccc(NC(=O)CN(CC2CCCO2)C(=O)CCc2ncc(-c3ccccc3F)o2)c1C. The molecule has 1 saturated heterocycles. The number of benzene rings is 2. The lowest BCUT2D eigenvalue weighted by Gasteiger charge is -2.25. The van der Waals surface area contributed by atoms with Crippen LogP contribution < -0.4 is 5.32 Å². The van der Waals surface area contributed by atoms with E-state index >= 15 is 0 Å². The summed E-state index contributed by atoms with van der Waals surface area (Å²) in [4.78, 5) is 31.7. The molecule has 0 radical (unpaired) electrons. The zero-order valence-electron chi connectivity index (χ0n) is 20.1. The van der Waals surface area contributed by atoms with Crippen LogP contribution in [-0.4, -0.2) is 47.5 Å². The Morgan fingerprint density at radius 3 is 2.77 bits per heavy atom. The molecule has 0 aliphatic carbocycles. The second-order valence-corrected chi connectivity index (χ2v) is 8.80. The van der Waals surface area contributed by atoms with Crippen LogP contribution in [0.4, 0.5) is 10.1 Å². The van der Waals surface area contributed by atoms with E-state index in [0.29, 0.717) is 30.4 Å². The highest BCUT2D eigenvalue weighted by atomic mass is 19.1. The van der Waals surface area contributed by atoms with E-state index in [4.69, 9.17) is 9.15 Å². The zero-order chi connectivity index (χ0) is 24.8. The lowest BCUT2D eigenvalue weighted by molar-refractivity contribution is -0.136. The molecule has 2 heterocycles. The van der Waals surface area contributed by atoms with Gasteiger partial charge in [-0.3, -0.25) is 9.59 Å². The van der Waals surface area contributed by atoms with Gasteiger partial charge in [-0.2, -0.15) is 0 Å². The van der Waals surface area contributed by atoms with E-state index in [1.807, 2.05) is 32.0 Å². The Bertz CT molecular complexity index is 1190. The second-order valence-electron chi connectivity index (χ2n) is 8.80. The number of aryl methyl sites for hydroxylation is 2. The van der Waals surface area contributed by atoms with Gasteiger partial charge < -0.3 is 19.4 Å². The monoisotopic (exact) mass is 479 g/mol. The maximum absolute atomic E-state index is 14.0. The van der Waals surface area contributed by atoms with Crippen LogP contribution in [0.1, 0.15) is 36.3 Å². The highest BCUT2D eigenvalue weighted by Crippen LogP contribution is 2.24. The van der Waals surface area contributed by atoms with Gasteiger partial charge in [0.2, 0.25) is 11.8 Å². The van der Waals surface area contributed by atoms with Crippen molar-refractivity contribution in [1.29, 1.82) is 0 Å². The van der Waals surface area contributed by atoms with Crippen molar-refractivity contribution in [2.45, 2.75) is 45.6 Å². The molecule has 8 heteroatoms. The molecule has 1 atom stereocenters. The fourth-order valence-corrected chi connectivity index (χ4v) is 4.12. The standard InChI is InChI=1S/C27H30FN3O4/c1-18-7-5-11-23(19(18)2)30-25(32)17-31(16-20-8-6-14-34-20)27(33)13-12-26-29-15-24(35-26)21-9-3-4-10-22(21)28/h3-5,7,9-11,15,20H,6,8,12-14,16-17H2,1-2H3,(H,30,32). The molecule has 1 unspecified atom stereocenters. The second kappa shape index (κ2) is 11.3. The van der Waals surface area contributed by atoms with Crippen LogP contribution in [0, 0.1) is 19.7 Å². The lowest BCUT2D eigenvalue weighted by Crippen LogP contribution is -2.42. The van der Waals surface area contributed by atoms with E-state index in [2.05, 4.69) is 10.3 Å². The summed E-state index contributed by atoms with van der Waals surface area (Å²) >= 11 is 0. The number of hydrogen-bond acceptors (Lipinski definition) is 5. The van der Waals surface area contributed by atoms with Gasteiger partial charge in [0.25, 0.3) is 0 Å². The molecule has 3 aromatic rings. The molecule has 1 fully saturated rings. The van der Waals surface area contributed by atoms with Gasteiger partial charge >= 0.3 is 0 Å². The minimum absolute atomic E-state index is 0.0713. The largest absolute Gasteiger partial charge is 0.441 e. The average molecular weight is 480 g/mol. The van der Waals surface area contributed by atoms with E-state index in [1.54, 1.807) is 18.2 Å². The quantitative estimate of drug-likeness (QED) is 0.482. The van der Waals surface area contributed by atoms with Crippen molar-refractivity contribution in [3.63, 3.8) is 0 Å². The average Bonchev–Trinajstić information content (AvgIpc) is 3.53. The van der Waals surface area contributed by atoms with Crippen LogP contribution in [-0.2, 0) is 20.7 Å². The molecule has 1 N–H and O–H groups in total. The summed E-state index contributed by atoms with van der Waals surface area (Å²) in [6.07, 6.45) is 3.53. The van der Waals surface area contributed by atoms with Crippen molar-refractivity contribution in [2.75, 3.05) is 25.0 Å². The third-order valence-corrected chi connectivity index (χ3v) is 6.26. The predicted octanol–water partition coefficient (Wildman–Crippen LogP) is 4.68. The van der Waals surface area contributed by atoms with Gasteiger partial charge in [-0.25, -0.2) is 9.37 Å². The maximum Gasteiger partial charge on any atom is 0.244 e. The Labute approximate surface area is 204 Å². The first-order valence-corrected chi connectivity index (χ1v) is 11.9. The maximum atomic E-state index is 14.0. The van der Waals surface area contributed by atoms with E-state index in [1.165, 1.54) is 17.2 Å². The summed E-state index contributed by atoms with van der Waals surface area (Å²) in [6.45, 7) is 4.88. The number of halogens is 1. The van der Waals surface area contributed by atoms with E-state index in [9.17, 15) is 14.0 Å².